The first-order valence-corrected chi connectivity index (χ1v) is 6.79. The van der Waals surface area contributed by atoms with Crippen LogP contribution in [0.4, 0.5) is 5.69 Å². The van der Waals surface area contributed by atoms with Crippen LogP contribution in [0.1, 0.15) is 11.6 Å². The average Bonchev–Trinajstić information content (AvgIpc) is 2.47. The molecule has 2 rings (SSSR count). The molecule has 0 heterocycles. The van der Waals surface area contributed by atoms with E-state index in [1.165, 1.54) is 0 Å². The van der Waals surface area contributed by atoms with Crippen LogP contribution in [0.3, 0.4) is 0 Å². The van der Waals surface area contributed by atoms with E-state index in [1.807, 2.05) is 48.5 Å². The van der Waals surface area contributed by atoms with E-state index < -0.39 is 0 Å². The quantitative estimate of drug-likeness (QED) is 0.884. The highest BCUT2D eigenvalue weighted by Crippen LogP contribution is 2.22. The summed E-state index contributed by atoms with van der Waals surface area (Å²) in [6.45, 7) is 0.0302. The molecule has 2 aromatic carbocycles. The Kier molecular flexibility index (Phi) is 4.82. The van der Waals surface area contributed by atoms with Crippen molar-refractivity contribution in [1.29, 1.82) is 0 Å². The molecule has 0 aliphatic rings. The number of methoxy groups -OCH3 is 1. The molecular weight excluding hydrogens is 306 g/mol. The van der Waals surface area contributed by atoms with E-state index in [9.17, 15) is 5.11 Å². The second kappa shape index (κ2) is 6.59. The number of rotatable bonds is 5. The Bertz CT molecular complexity index is 511. The van der Waals surface area contributed by atoms with Crippen molar-refractivity contribution in [2.75, 3.05) is 19.0 Å². The first kappa shape index (κ1) is 13.9. The molecule has 100 valence electrons. The van der Waals surface area contributed by atoms with E-state index in [0.717, 1.165) is 21.5 Å². The molecule has 0 spiro atoms. The number of ether oxygens (including phenoxy) is 1. The molecule has 4 heteroatoms. The lowest BCUT2D eigenvalue weighted by molar-refractivity contribution is 0.276. The van der Waals surface area contributed by atoms with E-state index in [2.05, 4.69) is 21.2 Å². The van der Waals surface area contributed by atoms with Gasteiger partial charge in [0.25, 0.3) is 0 Å². The van der Waals surface area contributed by atoms with Gasteiger partial charge in [-0.15, -0.1) is 0 Å². The van der Waals surface area contributed by atoms with Crippen LogP contribution in [0.5, 0.6) is 5.75 Å². The number of benzene rings is 2. The third-order valence-corrected chi connectivity index (χ3v) is 3.41. The topological polar surface area (TPSA) is 41.5 Å². The van der Waals surface area contributed by atoms with E-state index in [1.54, 1.807) is 7.11 Å². The maximum Gasteiger partial charge on any atom is 0.118 e. The fourth-order valence-corrected chi connectivity index (χ4v) is 2.08. The SMILES string of the molecule is COc1ccc(C(CO)Nc2ccc(Br)cc2)cc1. The maximum absolute atomic E-state index is 9.52. The van der Waals surface area contributed by atoms with Crippen molar-refractivity contribution in [3.8, 4) is 5.75 Å². The van der Waals surface area contributed by atoms with Crippen molar-refractivity contribution in [3.63, 3.8) is 0 Å². The molecule has 3 nitrogen and oxygen atoms in total. The normalized spacial score (nSPS) is 11.9. The summed E-state index contributed by atoms with van der Waals surface area (Å²) in [4.78, 5) is 0. The molecule has 2 N–H and O–H groups in total. The zero-order valence-electron chi connectivity index (χ0n) is 10.6. The first-order valence-electron chi connectivity index (χ1n) is 6.00. The second-order valence-electron chi connectivity index (χ2n) is 4.16. The van der Waals surface area contributed by atoms with Gasteiger partial charge in [0.2, 0.25) is 0 Å². The zero-order valence-corrected chi connectivity index (χ0v) is 12.2. The van der Waals surface area contributed by atoms with Crippen molar-refractivity contribution in [3.05, 3.63) is 58.6 Å². The number of hydrogen-bond donors (Lipinski definition) is 2. The van der Waals surface area contributed by atoms with Gasteiger partial charge in [-0.05, 0) is 42.0 Å². The fraction of sp³-hybridized carbons (Fsp3) is 0.200. The lowest BCUT2D eigenvalue weighted by Gasteiger charge is -2.18. The van der Waals surface area contributed by atoms with E-state index in [-0.39, 0.29) is 12.6 Å². The Morgan fingerprint density at radius 1 is 1.11 bits per heavy atom. The Morgan fingerprint density at radius 3 is 2.26 bits per heavy atom. The molecule has 0 saturated heterocycles. The van der Waals surface area contributed by atoms with Gasteiger partial charge in [-0.1, -0.05) is 28.1 Å². The van der Waals surface area contributed by atoms with Gasteiger partial charge in [-0.25, -0.2) is 0 Å². The summed E-state index contributed by atoms with van der Waals surface area (Å²) in [6, 6.07) is 15.4. The molecule has 0 fully saturated rings. The van der Waals surface area contributed by atoms with Crippen LogP contribution in [0, 0.1) is 0 Å². The van der Waals surface area contributed by atoms with Crippen LogP contribution >= 0.6 is 15.9 Å². The molecule has 0 aliphatic carbocycles. The van der Waals surface area contributed by atoms with Crippen molar-refractivity contribution in [1.82, 2.24) is 0 Å². The lowest BCUT2D eigenvalue weighted by atomic mass is 10.1. The highest BCUT2D eigenvalue weighted by molar-refractivity contribution is 9.10. The van der Waals surface area contributed by atoms with Gasteiger partial charge in [0, 0.05) is 10.2 Å². The van der Waals surface area contributed by atoms with Gasteiger partial charge in [-0.2, -0.15) is 0 Å². The molecule has 2 aromatic rings. The third-order valence-electron chi connectivity index (χ3n) is 2.89. The molecule has 19 heavy (non-hydrogen) atoms. The Morgan fingerprint density at radius 2 is 1.74 bits per heavy atom. The smallest absolute Gasteiger partial charge is 0.118 e. The van der Waals surface area contributed by atoms with Gasteiger partial charge >= 0.3 is 0 Å². The third kappa shape index (κ3) is 3.72. The standard InChI is InChI=1S/C15H16BrNO2/c1-19-14-8-2-11(3-9-14)15(10-18)17-13-6-4-12(16)5-7-13/h2-9,15,17-18H,10H2,1H3. The summed E-state index contributed by atoms with van der Waals surface area (Å²) in [5, 5.41) is 12.8. The lowest BCUT2D eigenvalue weighted by Crippen LogP contribution is -2.14. The minimum absolute atomic E-state index is 0.0302. The number of hydrogen-bond acceptors (Lipinski definition) is 3. The number of halogens is 1. The Labute approximate surface area is 121 Å². The monoisotopic (exact) mass is 321 g/mol. The molecule has 1 unspecified atom stereocenters. The molecular formula is C15H16BrNO2. The molecule has 0 radical (unpaired) electrons. The largest absolute Gasteiger partial charge is 0.497 e. The number of aliphatic hydroxyl groups excluding tert-OH is 1. The van der Waals surface area contributed by atoms with Crippen LogP contribution in [0.25, 0.3) is 0 Å². The van der Waals surface area contributed by atoms with Crippen LogP contribution < -0.4 is 10.1 Å². The van der Waals surface area contributed by atoms with E-state index in [4.69, 9.17) is 4.74 Å². The van der Waals surface area contributed by atoms with Crippen LogP contribution in [0.2, 0.25) is 0 Å². The highest BCUT2D eigenvalue weighted by atomic mass is 79.9. The van der Waals surface area contributed by atoms with Crippen molar-refractivity contribution < 1.29 is 9.84 Å². The van der Waals surface area contributed by atoms with Crippen LogP contribution in [-0.4, -0.2) is 18.8 Å². The number of aliphatic hydroxyl groups is 1. The predicted octanol–water partition coefficient (Wildman–Crippen LogP) is 3.60. The first-order chi connectivity index (χ1) is 9.22. The van der Waals surface area contributed by atoms with Gasteiger partial charge in [0.05, 0.1) is 19.8 Å². The minimum atomic E-state index is -0.132. The maximum atomic E-state index is 9.52. The Hall–Kier alpha value is -1.52. The van der Waals surface area contributed by atoms with E-state index >= 15 is 0 Å². The summed E-state index contributed by atoms with van der Waals surface area (Å²) in [5.41, 5.74) is 1.99. The molecule has 0 amide bonds. The predicted molar refractivity (Wildman–Crippen MR) is 80.6 cm³/mol. The zero-order chi connectivity index (χ0) is 13.7. The molecule has 0 saturated carbocycles. The van der Waals surface area contributed by atoms with Crippen LogP contribution in [-0.2, 0) is 0 Å². The number of nitrogens with one attached hydrogen (secondary N) is 1. The van der Waals surface area contributed by atoms with Crippen LogP contribution in [0.15, 0.2) is 53.0 Å². The number of anilines is 1. The van der Waals surface area contributed by atoms with Crippen molar-refractivity contribution in [2.24, 2.45) is 0 Å². The summed E-state index contributed by atoms with van der Waals surface area (Å²) in [6.07, 6.45) is 0. The molecule has 1 atom stereocenters. The average molecular weight is 322 g/mol. The van der Waals surface area contributed by atoms with Gasteiger partial charge in [0.1, 0.15) is 5.75 Å². The van der Waals surface area contributed by atoms with Gasteiger partial charge < -0.3 is 15.2 Å². The summed E-state index contributed by atoms with van der Waals surface area (Å²) < 4.78 is 6.16. The van der Waals surface area contributed by atoms with E-state index in [0.29, 0.717) is 0 Å². The fourth-order valence-electron chi connectivity index (χ4n) is 1.82. The Balaban J connectivity index is 2.12. The molecule has 0 aromatic heterocycles. The summed E-state index contributed by atoms with van der Waals surface area (Å²) >= 11 is 3.40. The van der Waals surface area contributed by atoms with Gasteiger partial charge in [-0.3, -0.25) is 0 Å². The second-order valence-corrected chi connectivity index (χ2v) is 5.08. The molecule has 0 aliphatic heterocycles. The summed E-state index contributed by atoms with van der Waals surface area (Å²) in [5.74, 6) is 0.809. The van der Waals surface area contributed by atoms with Gasteiger partial charge in [0.15, 0.2) is 0 Å². The van der Waals surface area contributed by atoms with Crippen molar-refractivity contribution >= 4 is 21.6 Å². The van der Waals surface area contributed by atoms with Crippen molar-refractivity contribution in [2.45, 2.75) is 6.04 Å². The highest BCUT2D eigenvalue weighted by Gasteiger charge is 2.10. The summed E-state index contributed by atoms with van der Waals surface area (Å²) in [7, 11) is 1.64. The minimum Gasteiger partial charge on any atom is -0.497 e. The molecule has 0 bridgehead atoms.